The molecule has 1 aliphatic heterocycles. The molecule has 1 unspecified atom stereocenters. The number of aromatic nitrogens is 2. The lowest BCUT2D eigenvalue weighted by Crippen LogP contribution is -2.35. The Kier molecular flexibility index (Phi) is 5.34. The molecule has 130 valence electrons. The van der Waals surface area contributed by atoms with Crippen LogP contribution in [0.4, 0.5) is 4.79 Å². The van der Waals surface area contributed by atoms with E-state index in [1.165, 1.54) is 5.56 Å². The Morgan fingerprint density at radius 1 is 1.39 bits per heavy atom. The van der Waals surface area contributed by atoms with Gasteiger partial charge in [-0.15, -0.1) is 0 Å². The Labute approximate surface area is 138 Å². The predicted molar refractivity (Wildman–Crippen MR) is 88.6 cm³/mol. The smallest absolute Gasteiger partial charge is 0.410 e. The van der Waals surface area contributed by atoms with Crippen LogP contribution < -0.4 is 0 Å². The highest BCUT2D eigenvalue weighted by Crippen LogP contribution is 2.27. The summed E-state index contributed by atoms with van der Waals surface area (Å²) < 4.78 is 7.50. The van der Waals surface area contributed by atoms with Gasteiger partial charge in [0.25, 0.3) is 0 Å². The molecule has 6 heteroatoms. The van der Waals surface area contributed by atoms with Gasteiger partial charge in [-0.2, -0.15) is 5.10 Å². The summed E-state index contributed by atoms with van der Waals surface area (Å²) in [6.07, 6.45) is 2.24. The second kappa shape index (κ2) is 6.91. The third kappa shape index (κ3) is 4.25. The molecule has 1 atom stereocenters. The first-order chi connectivity index (χ1) is 10.7. The molecule has 2 heterocycles. The van der Waals surface area contributed by atoms with Gasteiger partial charge < -0.3 is 14.7 Å². The predicted octanol–water partition coefficient (Wildman–Crippen LogP) is 2.61. The Morgan fingerprint density at radius 2 is 2.09 bits per heavy atom. The zero-order chi connectivity index (χ0) is 17.2. The molecule has 0 saturated carbocycles. The molecule has 1 N–H and O–H groups in total. The van der Waals surface area contributed by atoms with Crippen LogP contribution in [0.3, 0.4) is 0 Å². The van der Waals surface area contributed by atoms with E-state index in [0.29, 0.717) is 13.1 Å². The molecule has 6 nitrogen and oxygen atoms in total. The summed E-state index contributed by atoms with van der Waals surface area (Å²) in [5.74, 6) is 0. The maximum Gasteiger partial charge on any atom is 0.410 e. The monoisotopic (exact) mass is 323 g/mol. The van der Waals surface area contributed by atoms with Crippen molar-refractivity contribution in [2.45, 2.75) is 65.5 Å². The van der Waals surface area contributed by atoms with Crippen molar-refractivity contribution in [1.29, 1.82) is 0 Å². The molecule has 1 aromatic rings. The highest BCUT2D eigenvalue weighted by Gasteiger charge is 2.32. The van der Waals surface area contributed by atoms with E-state index < -0.39 is 5.60 Å². The van der Waals surface area contributed by atoms with Crippen molar-refractivity contribution in [1.82, 2.24) is 14.7 Å². The zero-order valence-electron chi connectivity index (χ0n) is 14.9. The maximum absolute atomic E-state index is 12.2. The van der Waals surface area contributed by atoms with E-state index in [2.05, 4.69) is 12.0 Å². The van der Waals surface area contributed by atoms with Gasteiger partial charge in [-0.3, -0.25) is 4.68 Å². The van der Waals surface area contributed by atoms with Crippen LogP contribution in [-0.2, 0) is 11.2 Å². The first-order valence-corrected chi connectivity index (χ1v) is 8.36. The Bertz CT molecular complexity index is 560. The van der Waals surface area contributed by atoms with Crippen LogP contribution >= 0.6 is 0 Å². The second-order valence-corrected chi connectivity index (χ2v) is 7.29. The number of nitrogens with zero attached hydrogens (tertiary/aromatic N) is 3. The number of ether oxygens (including phenoxy) is 1. The standard InChI is InChI=1S/C17H29N3O3/c1-12-15(7-6-10-21)13(2)20(18-12)14-8-9-19(11-14)16(22)23-17(3,4)5/h14,21H,6-11H2,1-5H3. The average molecular weight is 323 g/mol. The summed E-state index contributed by atoms with van der Waals surface area (Å²) in [6.45, 7) is 11.3. The minimum atomic E-state index is -0.467. The van der Waals surface area contributed by atoms with E-state index in [1.807, 2.05) is 32.4 Å². The van der Waals surface area contributed by atoms with Crippen molar-refractivity contribution in [3.05, 3.63) is 17.0 Å². The molecule has 2 rings (SSSR count). The highest BCUT2D eigenvalue weighted by molar-refractivity contribution is 5.68. The fourth-order valence-electron chi connectivity index (χ4n) is 3.10. The fraction of sp³-hybridized carbons (Fsp3) is 0.765. The third-order valence-electron chi connectivity index (χ3n) is 4.22. The number of carbonyl (C=O) groups is 1. The minimum Gasteiger partial charge on any atom is -0.444 e. The number of aliphatic hydroxyl groups excluding tert-OH is 1. The van der Waals surface area contributed by atoms with Crippen LogP contribution in [0.2, 0.25) is 0 Å². The van der Waals surface area contributed by atoms with Crippen LogP contribution in [0.5, 0.6) is 0 Å². The second-order valence-electron chi connectivity index (χ2n) is 7.29. The average Bonchev–Trinajstić information content (AvgIpc) is 3.01. The van der Waals surface area contributed by atoms with Gasteiger partial charge in [0.1, 0.15) is 5.60 Å². The van der Waals surface area contributed by atoms with Crippen molar-refractivity contribution in [3.8, 4) is 0 Å². The van der Waals surface area contributed by atoms with Crippen molar-refractivity contribution in [2.24, 2.45) is 0 Å². The van der Waals surface area contributed by atoms with Gasteiger partial charge in [0.05, 0.1) is 11.7 Å². The van der Waals surface area contributed by atoms with Crippen LogP contribution in [-0.4, -0.2) is 51.2 Å². The number of aliphatic hydroxyl groups is 1. The molecule has 1 fully saturated rings. The molecule has 0 bridgehead atoms. The van der Waals surface area contributed by atoms with Gasteiger partial charge in [-0.05, 0) is 59.4 Å². The number of likely N-dealkylation sites (tertiary alicyclic amines) is 1. The fourth-order valence-corrected chi connectivity index (χ4v) is 3.10. The first kappa shape index (κ1) is 17.8. The molecule has 0 radical (unpaired) electrons. The van der Waals surface area contributed by atoms with Crippen molar-refractivity contribution >= 4 is 6.09 Å². The molecule has 1 saturated heterocycles. The van der Waals surface area contributed by atoms with Gasteiger partial charge in [-0.25, -0.2) is 4.79 Å². The molecular weight excluding hydrogens is 294 g/mol. The molecule has 1 aromatic heterocycles. The van der Waals surface area contributed by atoms with Crippen LogP contribution in [0.1, 0.15) is 56.6 Å². The van der Waals surface area contributed by atoms with Crippen LogP contribution in [0, 0.1) is 13.8 Å². The lowest BCUT2D eigenvalue weighted by Gasteiger charge is -2.24. The minimum absolute atomic E-state index is 0.194. The van der Waals surface area contributed by atoms with Gasteiger partial charge in [0.2, 0.25) is 0 Å². The zero-order valence-corrected chi connectivity index (χ0v) is 14.9. The molecule has 0 aliphatic carbocycles. The first-order valence-electron chi connectivity index (χ1n) is 8.36. The quantitative estimate of drug-likeness (QED) is 0.925. The number of aryl methyl sites for hydroxylation is 1. The van der Waals surface area contributed by atoms with E-state index >= 15 is 0 Å². The van der Waals surface area contributed by atoms with E-state index in [9.17, 15) is 4.79 Å². The SMILES string of the molecule is Cc1nn(C2CCN(C(=O)OC(C)(C)C)C2)c(C)c1CCCO. The van der Waals surface area contributed by atoms with Crippen molar-refractivity contribution in [2.75, 3.05) is 19.7 Å². The molecular formula is C17H29N3O3. The lowest BCUT2D eigenvalue weighted by atomic mass is 10.1. The van der Waals surface area contributed by atoms with Crippen LogP contribution in [0.25, 0.3) is 0 Å². The van der Waals surface area contributed by atoms with E-state index in [0.717, 1.165) is 30.7 Å². The number of rotatable bonds is 4. The Hall–Kier alpha value is -1.56. The Balaban J connectivity index is 2.06. The largest absolute Gasteiger partial charge is 0.444 e. The van der Waals surface area contributed by atoms with Crippen molar-refractivity contribution in [3.63, 3.8) is 0 Å². The normalized spacial score (nSPS) is 18.5. The molecule has 1 amide bonds. The van der Waals surface area contributed by atoms with Gasteiger partial charge in [-0.1, -0.05) is 0 Å². The summed E-state index contributed by atoms with van der Waals surface area (Å²) in [7, 11) is 0. The topological polar surface area (TPSA) is 67.6 Å². The molecule has 0 spiro atoms. The van der Waals surface area contributed by atoms with E-state index in [1.54, 1.807) is 4.90 Å². The highest BCUT2D eigenvalue weighted by atomic mass is 16.6. The van der Waals surface area contributed by atoms with E-state index in [4.69, 9.17) is 9.84 Å². The van der Waals surface area contributed by atoms with Gasteiger partial charge >= 0.3 is 6.09 Å². The number of amides is 1. The summed E-state index contributed by atoms with van der Waals surface area (Å²) >= 11 is 0. The number of carbonyl (C=O) groups excluding carboxylic acids is 1. The van der Waals surface area contributed by atoms with Crippen LogP contribution in [0.15, 0.2) is 0 Å². The van der Waals surface area contributed by atoms with E-state index in [-0.39, 0.29) is 18.7 Å². The molecule has 23 heavy (non-hydrogen) atoms. The molecule has 1 aliphatic rings. The summed E-state index contributed by atoms with van der Waals surface area (Å²) in [5, 5.41) is 13.7. The lowest BCUT2D eigenvalue weighted by molar-refractivity contribution is 0.0288. The van der Waals surface area contributed by atoms with Gasteiger partial charge in [0, 0.05) is 25.4 Å². The Morgan fingerprint density at radius 3 is 2.70 bits per heavy atom. The number of hydrogen-bond acceptors (Lipinski definition) is 4. The van der Waals surface area contributed by atoms with Crippen molar-refractivity contribution < 1.29 is 14.6 Å². The molecule has 0 aromatic carbocycles. The number of hydrogen-bond donors (Lipinski definition) is 1. The third-order valence-corrected chi connectivity index (χ3v) is 4.22. The summed E-state index contributed by atoms with van der Waals surface area (Å²) in [5.41, 5.74) is 2.92. The van der Waals surface area contributed by atoms with Gasteiger partial charge in [0.15, 0.2) is 0 Å². The maximum atomic E-state index is 12.2. The summed E-state index contributed by atoms with van der Waals surface area (Å²) in [6, 6.07) is 0.198. The summed E-state index contributed by atoms with van der Waals surface area (Å²) in [4.78, 5) is 13.9.